The fourth-order valence-electron chi connectivity index (χ4n) is 0.118. The molecule has 0 heterocycles. The molecule has 0 aromatic carbocycles. The fraction of sp³-hybridized carbons (Fsp3) is 0.667. The van der Waals surface area contributed by atoms with Crippen LogP contribution in [0.25, 0.3) is 0 Å². The molecule has 0 saturated carbocycles. The summed E-state index contributed by atoms with van der Waals surface area (Å²) in [6.45, 7) is 0.169. The second-order valence-corrected chi connectivity index (χ2v) is 0.911. The van der Waals surface area contributed by atoms with Gasteiger partial charge in [0.1, 0.15) is 0 Å². The summed E-state index contributed by atoms with van der Waals surface area (Å²) in [6.07, 6.45) is -0.0417. The quantitative estimate of drug-likeness (QED) is 0.363. The van der Waals surface area contributed by atoms with Crippen LogP contribution < -0.4 is 40.4 Å². The summed E-state index contributed by atoms with van der Waals surface area (Å²) in [7, 11) is 0. The largest absolute Gasteiger partial charge is 1.00 e. The first-order chi connectivity index (χ1) is 2.77. The van der Waals surface area contributed by atoms with E-state index in [1.807, 2.05) is 0 Å². The Morgan fingerprint density at radius 1 is 1.71 bits per heavy atom. The van der Waals surface area contributed by atoms with E-state index in [9.17, 15) is 9.90 Å². The first kappa shape index (κ1) is 10.4. The molecule has 0 radical (unpaired) electrons. The molecule has 0 amide bonds. The number of carbonyl (C=O) groups excluding carboxylic acids is 1. The van der Waals surface area contributed by atoms with Gasteiger partial charge in [0.05, 0.1) is 0 Å². The van der Waals surface area contributed by atoms with Crippen molar-refractivity contribution in [1.82, 2.24) is 0 Å². The molecule has 0 aliphatic heterocycles. The van der Waals surface area contributed by atoms with Crippen LogP contribution in [0.1, 0.15) is 6.42 Å². The molecule has 4 heteroatoms. The summed E-state index contributed by atoms with van der Waals surface area (Å²) in [6, 6.07) is 0. The standard InChI is InChI=1S/C3H7NO2.Na/c4-2-1-3(5)6;/h1-2,4H2,(H,5,6);/q;+1/p-1. The van der Waals surface area contributed by atoms with E-state index >= 15 is 0 Å². The Morgan fingerprint density at radius 3 is 2.14 bits per heavy atom. The van der Waals surface area contributed by atoms with E-state index in [-0.39, 0.29) is 42.5 Å². The zero-order valence-corrected chi connectivity index (χ0v) is 6.31. The van der Waals surface area contributed by atoms with Crippen LogP contribution in [0, 0.1) is 0 Å². The van der Waals surface area contributed by atoms with Crippen molar-refractivity contribution >= 4 is 5.97 Å². The maximum Gasteiger partial charge on any atom is 1.00 e. The summed E-state index contributed by atoms with van der Waals surface area (Å²) in [4.78, 5) is 9.41. The Kier molecular flexibility index (Phi) is 9.57. The third-order valence-electron chi connectivity index (χ3n) is 0.348. The Hall–Kier alpha value is 0.430. The number of aliphatic carboxylic acids is 1. The third-order valence-corrected chi connectivity index (χ3v) is 0.348. The average Bonchev–Trinajstić information content (AvgIpc) is 1.35. The summed E-state index contributed by atoms with van der Waals surface area (Å²) in [5.41, 5.74) is 4.81. The van der Waals surface area contributed by atoms with Crippen LogP contribution in [0.4, 0.5) is 0 Å². The molecule has 0 aromatic rings. The van der Waals surface area contributed by atoms with Crippen molar-refractivity contribution in [2.24, 2.45) is 5.73 Å². The van der Waals surface area contributed by atoms with Gasteiger partial charge in [0.2, 0.25) is 0 Å². The van der Waals surface area contributed by atoms with Gasteiger partial charge in [-0.15, -0.1) is 0 Å². The van der Waals surface area contributed by atoms with Gasteiger partial charge in [-0.3, -0.25) is 0 Å². The Balaban J connectivity index is 0. The topological polar surface area (TPSA) is 66.2 Å². The Morgan fingerprint density at radius 2 is 2.14 bits per heavy atom. The molecule has 0 atom stereocenters. The molecular weight excluding hydrogens is 105 g/mol. The Labute approximate surface area is 64.2 Å². The maximum atomic E-state index is 9.41. The van der Waals surface area contributed by atoms with E-state index < -0.39 is 5.97 Å². The number of carboxylic acid groups (broad SMARTS) is 1. The first-order valence-corrected chi connectivity index (χ1v) is 1.67. The van der Waals surface area contributed by atoms with E-state index in [2.05, 4.69) is 0 Å². The smallest absolute Gasteiger partial charge is 0.550 e. The molecule has 0 rings (SSSR count). The number of hydrogen-bond donors (Lipinski definition) is 1. The molecule has 0 spiro atoms. The van der Waals surface area contributed by atoms with Gasteiger partial charge in [0, 0.05) is 5.97 Å². The molecule has 3 nitrogen and oxygen atoms in total. The van der Waals surface area contributed by atoms with Gasteiger partial charge < -0.3 is 15.6 Å². The van der Waals surface area contributed by atoms with Crippen molar-refractivity contribution in [2.45, 2.75) is 6.42 Å². The summed E-state index contributed by atoms with van der Waals surface area (Å²) in [5, 5.41) is 9.41. The minimum Gasteiger partial charge on any atom is -0.550 e. The zero-order valence-electron chi connectivity index (χ0n) is 4.31. The minimum atomic E-state index is -1.09. The number of carboxylic acids is 1. The van der Waals surface area contributed by atoms with Crippen molar-refractivity contribution in [2.75, 3.05) is 6.54 Å². The van der Waals surface area contributed by atoms with Gasteiger partial charge in [0.25, 0.3) is 0 Å². The van der Waals surface area contributed by atoms with Gasteiger partial charge in [-0.2, -0.15) is 0 Å². The molecule has 7 heavy (non-hydrogen) atoms. The molecule has 0 bridgehead atoms. The van der Waals surface area contributed by atoms with E-state index in [0.29, 0.717) is 0 Å². The van der Waals surface area contributed by atoms with E-state index in [1.54, 1.807) is 0 Å². The van der Waals surface area contributed by atoms with E-state index in [4.69, 9.17) is 5.73 Å². The fourth-order valence-corrected chi connectivity index (χ4v) is 0.118. The third kappa shape index (κ3) is 10.7. The van der Waals surface area contributed by atoms with Crippen LogP contribution in [-0.4, -0.2) is 12.5 Å². The summed E-state index contributed by atoms with van der Waals surface area (Å²) < 4.78 is 0. The number of nitrogens with two attached hydrogens (primary N) is 1. The van der Waals surface area contributed by atoms with Crippen molar-refractivity contribution in [1.29, 1.82) is 0 Å². The molecular formula is C3H6NNaO2. The molecule has 0 aromatic heterocycles. The number of rotatable bonds is 2. The van der Waals surface area contributed by atoms with Gasteiger partial charge in [-0.05, 0) is 13.0 Å². The van der Waals surface area contributed by atoms with Crippen molar-refractivity contribution in [3.63, 3.8) is 0 Å². The second-order valence-electron chi connectivity index (χ2n) is 0.911. The molecule has 36 valence electrons. The summed E-state index contributed by atoms with van der Waals surface area (Å²) >= 11 is 0. The van der Waals surface area contributed by atoms with Gasteiger partial charge in [0.15, 0.2) is 0 Å². The number of carbonyl (C=O) groups is 1. The molecule has 0 aliphatic rings. The van der Waals surface area contributed by atoms with Crippen LogP contribution in [0.2, 0.25) is 0 Å². The van der Waals surface area contributed by atoms with Crippen molar-refractivity contribution in [3.05, 3.63) is 0 Å². The van der Waals surface area contributed by atoms with Crippen LogP contribution in [0.3, 0.4) is 0 Å². The maximum absolute atomic E-state index is 9.41. The predicted molar refractivity (Wildman–Crippen MR) is 18.7 cm³/mol. The Bertz CT molecular complexity index is 56.9. The van der Waals surface area contributed by atoms with Crippen LogP contribution in [0.5, 0.6) is 0 Å². The van der Waals surface area contributed by atoms with E-state index in [1.165, 1.54) is 0 Å². The molecule has 0 unspecified atom stereocenters. The minimum absolute atomic E-state index is 0. The molecule has 0 saturated heterocycles. The van der Waals surface area contributed by atoms with Gasteiger partial charge >= 0.3 is 29.6 Å². The van der Waals surface area contributed by atoms with Gasteiger partial charge in [-0.25, -0.2) is 0 Å². The summed E-state index contributed by atoms with van der Waals surface area (Å²) in [5.74, 6) is -1.09. The van der Waals surface area contributed by atoms with Crippen molar-refractivity contribution < 1.29 is 39.5 Å². The van der Waals surface area contributed by atoms with E-state index in [0.717, 1.165) is 0 Å². The van der Waals surface area contributed by atoms with Gasteiger partial charge in [-0.1, -0.05) is 0 Å². The van der Waals surface area contributed by atoms with Crippen LogP contribution in [-0.2, 0) is 4.79 Å². The van der Waals surface area contributed by atoms with Crippen molar-refractivity contribution in [3.8, 4) is 0 Å². The first-order valence-electron chi connectivity index (χ1n) is 1.67. The predicted octanol–water partition coefficient (Wildman–Crippen LogP) is -4.91. The SMILES string of the molecule is NCCC(=O)[O-].[Na+]. The molecule has 0 aliphatic carbocycles. The van der Waals surface area contributed by atoms with Crippen LogP contribution in [0.15, 0.2) is 0 Å². The second kappa shape index (κ2) is 6.43. The monoisotopic (exact) mass is 111 g/mol. The number of hydrogen-bond acceptors (Lipinski definition) is 3. The molecule has 0 fully saturated rings. The zero-order chi connectivity index (χ0) is 4.99. The average molecular weight is 111 g/mol. The van der Waals surface area contributed by atoms with Crippen LogP contribution >= 0.6 is 0 Å². The molecule has 2 N–H and O–H groups in total. The normalized spacial score (nSPS) is 7.00.